The highest BCUT2D eigenvalue weighted by Gasteiger charge is 2.17. The van der Waals surface area contributed by atoms with Gasteiger partial charge in [-0.15, -0.1) is 0 Å². The minimum absolute atomic E-state index is 0.121. The smallest absolute Gasteiger partial charge is 0.123 e. The van der Waals surface area contributed by atoms with E-state index in [2.05, 4.69) is 11.8 Å². The first-order valence-electron chi connectivity index (χ1n) is 6.50. The predicted octanol–water partition coefficient (Wildman–Crippen LogP) is 2.18. The summed E-state index contributed by atoms with van der Waals surface area (Å²) in [7, 11) is 0. The summed E-state index contributed by atoms with van der Waals surface area (Å²) in [6, 6.07) is 6.69. The lowest BCUT2D eigenvalue weighted by Gasteiger charge is -2.30. The van der Waals surface area contributed by atoms with Crippen LogP contribution < -0.4 is 5.73 Å². The van der Waals surface area contributed by atoms with Gasteiger partial charge < -0.3 is 10.5 Å². The van der Waals surface area contributed by atoms with Gasteiger partial charge in [0.2, 0.25) is 0 Å². The predicted molar refractivity (Wildman–Crippen MR) is 71.9 cm³/mol. The lowest BCUT2D eigenvalue weighted by atomic mass is 10.1. The van der Waals surface area contributed by atoms with Gasteiger partial charge in [-0.2, -0.15) is 0 Å². The summed E-state index contributed by atoms with van der Waals surface area (Å²) in [6.45, 7) is 7.75. The van der Waals surface area contributed by atoms with Gasteiger partial charge in [-0.3, -0.25) is 4.90 Å². The van der Waals surface area contributed by atoms with E-state index in [1.807, 2.05) is 6.92 Å². The van der Waals surface area contributed by atoms with E-state index in [0.717, 1.165) is 25.3 Å². The number of hydrogen-bond acceptors (Lipinski definition) is 3. The van der Waals surface area contributed by atoms with Crippen molar-refractivity contribution in [2.75, 3.05) is 32.8 Å². The summed E-state index contributed by atoms with van der Waals surface area (Å²) in [5.74, 6) is -0.216. The molecule has 1 unspecified atom stereocenters. The molecule has 0 radical (unpaired) electrons. The number of benzene rings is 1. The number of hydrogen-bond donors (Lipinski definition) is 1. The molecule has 3 nitrogen and oxygen atoms in total. The van der Waals surface area contributed by atoms with E-state index in [4.69, 9.17) is 10.5 Å². The lowest BCUT2D eigenvalue weighted by molar-refractivity contribution is 0.0980. The van der Waals surface area contributed by atoms with Crippen LogP contribution in [0.15, 0.2) is 24.3 Å². The van der Waals surface area contributed by atoms with Crippen LogP contribution in [-0.2, 0) is 4.74 Å². The zero-order valence-electron chi connectivity index (χ0n) is 11.2. The second-order valence-corrected chi connectivity index (χ2v) is 4.13. The number of likely N-dealkylation sites (N-methyl/N-ethyl adjacent to an activating group) is 1. The molecule has 4 heteroatoms. The average molecular weight is 254 g/mol. The van der Waals surface area contributed by atoms with Crippen molar-refractivity contribution in [1.82, 2.24) is 4.90 Å². The topological polar surface area (TPSA) is 38.5 Å². The van der Waals surface area contributed by atoms with Crippen molar-refractivity contribution < 1.29 is 9.13 Å². The summed E-state index contributed by atoms with van der Waals surface area (Å²) in [6.07, 6.45) is 0. The molecular formula is C14H23FN2O. The van der Waals surface area contributed by atoms with Crippen molar-refractivity contribution in [3.63, 3.8) is 0 Å². The summed E-state index contributed by atoms with van der Waals surface area (Å²) in [5.41, 5.74) is 6.90. The van der Waals surface area contributed by atoms with Crippen LogP contribution in [0.3, 0.4) is 0 Å². The van der Waals surface area contributed by atoms with Crippen molar-refractivity contribution in [1.29, 1.82) is 0 Å². The summed E-state index contributed by atoms with van der Waals surface area (Å²) >= 11 is 0. The third-order valence-corrected chi connectivity index (χ3v) is 3.05. The Morgan fingerprint density at radius 2 is 1.94 bits per heavy atom. The minimum atomic E-state index is -0.216. The Kier molecular flexibility index (Phi) is 6.86. The molecule has 0 aromatic heterocycles. The quantitative estimate of drug-likeness (QED) is 0.723. The van der Waals surface area contributed by atoms with E-state index in [-0.39, 0.29) is 11.9 Å². The van der Waals surface area contributed by atoms with E-state index >= 15 is 0 Å². The van der Waals surface area contributed by atoms with Crippen LogP contribution in [0.25, 0.3) is 0 Å². The Labute approximate surface area is 109 Å². The lowest BCUT2D eigenvalue weighted by Crippen LogP contribution is -2.36. The van der Waals surface area contributed by atoms with Gasteiger partial charge in [0.25, 0.3) is 0 Å². The van der Waals surface area contributed by atoms with Crippen LogP contribution in [0.1, 0.15) is 25.5 Å². The standard InChI is InChI=1S/C14H23FN2O/c1-3-17(9-10-18-4-2)14(11-16)12-5-7-13(15)8-6-12/h5-8,14H,3-4,9-11,16H2,1-2H3. The van der Waals surface area contributed by atoms with E-state index in [1.54, 1.807) is 12.1 Å². The Morgan fingerprint density at radius 1 is 1.28 bits per heavy atom. The van der Waals surface area contributed by atoms with E-state index < -0.39 is 0 Å². The Balaban J connectivity index is 2.69. The van der Waals surface area contributed by atoms with E-state index in [1.165, 1.54) is 12.1 Å². The fourth-order valence-electron chi connectivity index (χ4n) is 2.04. The highest BCUT2D eigenvalue weighted by atomic mass is 19.1. The number of rotatable bonds is 8. The van der Waals surface area contributed by atoms with E-state index in [9.17, 15) is 4.39 Å². The third-order valence-electron chi connectivity index (χ3n) is 3.05. The summed E-state index contributed by atoms with van der Waals surface area (Å²) in [5, 5.41) is 0. The number of nitrogens with two attached hydrogens (primary N) is 1. The number of ether oxygens (including phenoxy) is 1. The van der Waals surface area contributed by atoms with Crippen LogP contribution in [-0.4, -0.2) is 37.7 Å². The van der Waals surface area contributed by atoms with Gasteiger partial charge in [-0.1, -0.05) is 19.1 Å². The van der Waals surface area contributed by atoms with Crippen LogP contribution in [0.2, 0.25) is 0 Å². The van der Waals surface area contributed by atoms with Crippen molar-refractivity contribution in [2.24, 2.45) is 5.73 Å². The van der Waals surface area contributed by atoms with Crippen molar-refractivity contribution in [2.45, 2.75) is 19.9 Å². The molecule has 0 aliphatic rings. The molecule has 1 aromatic carbocycles. The number of nitrogens with zero attached hydrogens (tertiary/aromatic N) is 1. The molecule has 0 amide bonds. The molecule has 0 saturated heterocycles. The molecule has 2 N–H and O–H groups in total. The highest BCUT2D eigenvalue weighted by Crippen LogP contribution is 2.19. The molecule has 0 bridgehead atoms. The molecule has 1 aromatic rings. The molecule has 0 aliphatic heterocycles. The molecule has 102 valence electrons. The second-order valence-electron chi connectivity index (χ2n) is 4.13. The molecule has 0 saturated carbocycles. The number of halogens is 1. The molecule has 0 spiro atoms. The second kappa shape index (κ2) is 8.19. The maximum atomic E-state index is 12.9. The van der Waals surface area contributed by atoms with Crippen molar-refractivity contribution in [3.8, 4) is 0 Å². The van der Waals surface area contributed by atoms with Gasteiger partial charge in [-0.05, 0) is 31.2 Å². The average Bonchev–Trinajstić information content (AvgIpc) is 2.40. The summed E-state index contributed by atoms with van der Waals surface area (Å²) in [4.78, 5) is 2.25. The minimum Gasteiger partial charge on any atom is -0.380 e. The van der Waals surface area contributed by atoms with Crippen molar-refractivity contribution in [3.05, 3.63) is 35.6 Å². The molecule has 18 heavy (non-hydrogen) atoms. The molecule has 1 rings (SSSR count). The normalized spacial score (nSPS) is 12.9. The van der Waals surface area contributed by atoms with Crippen molar-refractivity contribution >= 4 is 0 Å². The Bertz CT molecular complexity index is 329. The van der Waals surface area contributed by atoms with Gasteiger partial charge in [0, 0.05) is 25.7 Å². The molecule has 1 atom stereocenters. The SMILES string of the molecule is CCOCCN(CC)C(CN)c1ccc(F)cc1. The van der Waals surface area contributed by atoms with Gasteiger partial charge in [0.05, 0.1) is 6.61 Å². The van der Waals surface area contributed by atoms with E-state index in [0.29, 0.717) is 13.2 Å². The maximum absolute atomic E-state index is 12.9. The first kappa shape index (κ1) is 15.1. The Hall–Kier alpha value is -0.970. The van der Waals surface area contributed by atoms with Gasteiger partial charge in [-0.25, -0.2) is 4.39 Å². The van der Waals surface area contributed by atoms with Gasteiger partial charge in [0.15, 0.2) is 0 Å². The van der Waals surface area contributed by atoms with Crippen LogP contribution >= 0.6 is 0 Å². The van der Waals surface area contributed by atoms with Crippen LogP contribution in [0.4, 0.5) is 4.39 Å². The monoisotopic (exact) mass is 254 g/mol. The largest absolute Gasteiger partial charge is 0.380 e. The van der Waals surface area contributed by atoms with Gasteiger partial charge in [0.1, 0.15) is 5.82 Å². The molecular weight excluding hydrogens is 231 g/mol. The summed E-state index contributed by atoms with van der Waals surface area (Å²) < 4.78 is 18.3. The van der Waals surface area contributed by atoms with Crippen LogP contribution in [0.5, 0.6) is 0 Å². The molecule has 0 heterocycles. The highest BCUT2D eigenvalue weighted by molar-refractivity contribution is 5.20. The third kappa shape index (κ3) is 4.37. The Morgan fingerprint density at radius 3 is 2.44 bits per heavy atom. The van der Waals surface area contributed by atoms with Crippen LogP contribution in [0, 0.1) is 5.82 Å². The fraction of sp³-hybridized carbons (Fsp3) is 0.571. The zero-order chi connectivity index (χ0) is 13.4. The zero-order valence-corrected chi connectivity index (χ0v) is 11.2. The first-order chi connectivity index (χ1) is 8.72. The molecule has 0 aliphatic carbocycles. The fourth-order valence-corrected chi connectivity index (χ4v) is 2.04. The molecule has 0 fully saturated rings. The first-order valence-corrected chi connectivity index (χ1v) is 6.50. The maximum Gasteiger partial charge on any atom is 0.123 e. The van der Waals surface area contributed by atoms with Gasteiger partial charge >= 0.3 is 0 Å².